The summed E-state index contributed by atoms with van der Waals surface area (Å²) in [6, 6.07) is 109. The van der Waals surface area contributed by atoms with E-state index in [1.54, 1.807) is 0 Å². The standard InChI is InChI=1S/2C37H26N2O.C36H24N2O/c1-21-15-22(2)36-31(16-21)32-19-26(17-23(3)37(32)40-36)24-9-8-10-25(18-24)33-20-38-34-29-13-6-4-11-27(29)28-12-5-7-14-30(28)35(34)39-33;1-22(2)23-14-16-34-31(19-23)32-20-25(15-17-35(32)40-34)24-8-7-9-26(18-24)33-21-38-36-29-12-5-3-10-27(29)28-11-4-6-13-30(28)37(36)39-33;1-21-9-7-16-30-31-19-25(17-22(2)36(31)39-35(21)30)23-10-8-11-24(18-23)32-20-37-33-28-14-5-3-12-26(28)27-13-4-6-15-29(27)34(33)38-32/h4-20H,1-3H3;3-22H,1-2H3;3-20H,1-2H3. The molecule has 0 spiro atoms. The van der Waals surface area contributed by atoms with E-state index in [2.05, 4.69) is 358 Å². The molecule has 564 valence electrons. The Morgan fingerprint density at radius 3 is 0.941 bits per heavy atom. The lowest BCUT2D eigenvalue weighted by molar-refractivity contribution is 0.662. The van der Waals surface area contributed by atoms with Gasteiger partial charge in [0.2, 0.25) is 0 Å². The van der Waals surface area contributed by atoms with Gasteiger partial charge in [0, 0.05) is 81.3 Å². The van der Waals surface area contributed by atoms with Gasteiger partial charge >= 0.3 is 0 Å². The third-order valence-electron chi connectivity index (χ3n) is 24.1. The first-order valence-electron chi connectivity index (χ1n) is 40.7. The molecule has 6 aromatic heterocycles. The molecule has 0 amide bonds. The van der Waals surface area contributed by atoms with Crippen LogP contribution in [0.5, 0.6) is 0 Å². The molecule has 18 aromatic carbocycles. The third kappa shape index (κ3) is 12.0. The number of hydrogen-bond donors (Lipinski definition) is 0. The van der Waals surface area contributed by atoms with E-state index in [0.717, 1.165) is 199 Å². The van der Waals surface area contributed by atoms with Crippen LogP contribution in [0.1, 0.15) is 53.1 Å². The maximum atomic E-state index is 6.34. The number of furan rings is 3. The molecule has 0 aliphatic rings. The zero-order chi connectivity index (χ0) is 79.8. The quantitative estimate of drug-likeness (QED) is 0.144. The molecule has 0 atom stereocenters. The Hall–Kier alpha value is -15.1. The van der Waals surface area contributed by atoms with Crippen molar-refractivity contribution in [2.24, 2.45) is 0 Å². The van der Waals surface area contributed by atoms with Gasteiger partial charge in [0.05, 0.1) is 68.8 Å². The van der Waals surface area contributed by atoms with Gasteiger partial charge in [0.15, 0.2) is 0 Å². The normalized spacial score (nSPS) is 11.9. The van der Waals surface area contributed by atoms with Gasteiger partial charge in [-0.1, -0.05) is 250 Å². The van der Waals surface area contributed by atoms with Crippen molar-refractivity contribution in [2.45, 2.75) is 54.4 Å². The number of fused-ring (bicyclic) bond motifs is 27. The van der Waals surface area contributed by atoms with Crippen molar-refractivity contribution in [3.63, 3.8) is 0 Å². The summed E-state index contributed by atoms with van der Waals surface area (Å²) >= 11 is 0. The second-order valence-corrected chi connectivity index (χ2v) is 32.1. The number of para-hydroxylation sites is 1. The van der Waals surface area contributed by atoms with Crippen LogP contribution in [0.2, 0.25) is 0 Å². The fourth-order valence-corrected chi connectivity index (χ4v) is 18.2. The highest BCUT2D eigenvalue weighted by molar-refractivity contribution is 6.26. The molecule has 0 fully saturated rings. The zero-order valence-corrected chi connectivity index (χ0v) is 66.7. The van der Waals surface area contributed by atoms with E-state index >= 15 is 0 Å². The second kappa shape index (κ2) is 28.1. The minimum atomic E-state index is 0.465. The van der Waals surface area contributed by atoms with Crippen molar-refractivity contribution in [1.29, 1.82) is 0 Å². The summed E-state index contributed by atoms with van der Waals surface area (Å²) in [7, 11) is 0. The first-order chi connectivity index (χ1) is 58.3. The molecule has 0 saturated heterocycles. The average Bonchev–Trinajstić information content (AvgIpc) is 1.74. The molecule has 0 aliphatic carbocycles. The summed E-state index contributed by atoms with van der Waals surface area (Å²) in [5.41, 5.74) is 31.1. The monoisotopic (exact) mass is 1530 g/mol. The molecule has 0 N–H and O–H groups in total. The highest BCUT2D eigenvalue weighted by atomic mass is 16.3. The molecule has 0 aliphatic heterocycles. The number of aromatic nitrogens is 6. The van der Waals surface area contributed by atoms with Crippen LogP contribution >= 0.6 is 0 Å². The molecule has 119 heavy (non-hydrogen) atoms. The van der Waals surface area contributed by atoms with E-state index in [4.69, 9.17) is 43.2 Å². The number of benzene rings is 18. The van der Waals surface area contributed by atoms with E-state index in [1.165, 1.54) is 65.3 Å². The van der Waals surface area contributed by atoms with Crippen molar-refractivity contribution >= 4 is 164 Å². The van der Waals surface area contributed by atoms with Crippen LogP contribution < -0.4 is 0 Å². The minimum Gasteiger partial charge on any atom is -0.456 e. The zero-order valence-electron chi connectivity index (χ0n) is 66.7. The Labute approximate surface area is 685 Å². The van der Waals surface area contributed by atoms with E-state index in [9.17, 15) is 0 Å². The Bertz CT molecular complexity index is 8270. The fourth-order valence-electron chi connectivity index (χ4n) is 18.2. The molecule has 9 heteroatoms. The fraction of sp³-hybridized carbons (Fsp3) is 0.0727. The van der Waals surface area contributed by atoms with Gasteiger partial charge in [-0.25, -0.2) is 15.0 Å². The van der Waals surface area contributed by atoms with Crippen LogP contribution in [0, 0.1) is 34.6 Å². The van der Waals surface area contributed by atoms with E-state index < -0.39 is 0 Å². The summed E-state index contributed by atoms with van der Waals surface area (Å²) < 4.78 is 18.8. The molecule has 0 bridgehead atoms. The first kappa shape index (κ1) is 70.6. The molecule has 9 nitrogen and oxygen atoms in total. The lowest BCUT2D eigenvalue weighted by Crippen LogP contribution is -1.92. The second-order valence-electron chi connectivity index (χ2n) is 32.1. The van der Waals surface area contributed by atoms with Gasteiger partial charge in [0.25, 0.3) is 0 Å². The molecule has 24 rings (SSSR count). The predicted molar refractivity (Wildman–Crippen MR) is 496 cm³/mol. The predicted octanol–water partition coefficient (Wildman–Crippen LogP) is 30.2. The largest absolute Gasteiger partial charge is 0.456 e. The highest BCUT2D eigenvalue weighted by Crippen LogP contribution is 2.44. The maximum Gasteiger partial charge on any atom is 0.138 e. The van der Waals surface area contributed by atoms with E-state index in [1.807, 2.05) is 18.6 Å². The van der Waals surface area contributed by atoms with Crippen LogP contribution in [0.25, 0.3) is 231 Å². The van der Waals surface area contributed by atoms with Crippen LogP contribution in [0.3, 0.4) is 0 Å². The summed E-state index contributed by atoms with van der Waals surface area (Å²) in [5.74, 6) is 0.465. The van der Waals surface area contributed by atoms with Gasteiger partial charge < -0.3 is 13.3 Å². The lowest BCUT2D eigenvalue weighted by Gasteiger charge is -2.11. The van der Waals surface area contributed by atoms with Crippen molar-refractivity contribution in [2.75, 3.05) is 0 Å². The van der Waals surface area contributed by atoms with Gasteiger partial charge in [-0.05, 0) is 212 Å². The maximum absolute atomic E-state index is 6.34. The number of hydrogen-bond acceptors (Lipinski definition) is 9. The highest BCUT2D eigenvalue weighted by Gasteiger charge is 2.21. The van der Waals surface area contributed by atoms with Crippen molar-refractivity contribution < 1.29 is 13.3 Å². The van der Waals surface area contributed by atoms with Crippen LogP contribution in [0.15, 0.2) is 341 Å². The van der Waals surface area contributed by atoms with Crippen LogP contribution in [-0.4, -0.2) is 29.9 Å². The van der Waals surface area contributed by atoms with Crippen molar-refractivity contribution in [3.8, 4) is 67.2 Å². The summed E-state index contributed by atoms with van der Waals surface area (Å²) in [6.07, 6.45) is 5.72. The van der Waals surface area contributed by atoms with E-state index in [-0.39, 0.29) is 0 Å². The smallest absolute Gasteiger partial charge is 0.138 e. The molecule has 0 unspecified atom stereocenters. The molecule has 24 aromatic rings. The Balaban J connectivity index is 0.000000107. The SMILES string of the molecule is CC(C)c1ccc2oc3ccc(-c4cccc(-c5cnc6c7ccccc7c7ccccc7c6n5)c4)cc3c2c1.Cc1cc(C)c2oc3c(C)cc(-c4cccc(-c5cnc6c7ccccc7c7ccccc7c6n5)c4)cc3c2c1.Cc1cccc2c1oc1c(C)cc(-c3cccc(-c4cnc5c6ccccc6c6ccccc6c5n4)c3)cc12. The van der Waals surface area contributed by atoms with Gasteiger partial charge in [0.1, 0.15) is 33.5 Å². The molecular weight excluding hydrogens is 1450 g/mol. The van der Waals surface area contributed by atoms with Crippen molar-refractivity contribution in [1.82, 2.24) is 29.9 Å². The number of aryl methyl sites for hydroxylation is 5. The van der Waals surface area contributed by atoms with Gasteiger partial charge in [-0.15, -0.1) is 0 Å². The molecule has 0 saturated carbocycles. The first-order valence-corrected chi connectivity index (χ1v) is 40.7. The molecule has 6 heterocycles. The van der Waals surface area contributed by atoms with Crippen LogP contribution in [-0.2, 0) is 0 Å². The Morgan fingerprint density at radius 1 is 0.210 bits per heavy atom. The molecular formula is C110H76N6O3. The average molecular weight is 1530 g/mol. The Morgan fingerprint density at radius 2 is 0.521 bits per heavy atom. The van der Waals surface area contributed by atoms with Crippen molar-refractivity contribution in [3.05, 3.63) is 361 Å². The molecule has 0 radical (unpaired) electrons. The lowest BCUT2D eigenvalue weighted by atomic mass is 9.97. The van der Waals surface area contributed by atoms with E-state index in [0.29, 0.717) is 5.92 Å². The topological polar surface area (TPSA) is 117 Å². The third-order valence-corrected chi connectivity index (χ3v) is 24.1. The van der Waals surface area contributed by atoms with Crippen LogP contribution in [0.4, 0.5) is 0 Å². The Kier molecular flexibility index (Phi) is 16.7. The van der Waals surface area contributed by atoms with Gasteiger partial charge in [-0.3, -0.25) is 15.0 Å². The van der Waals surface area contributed by atoms with Gasteiger partial charge in [-0.2, -0.15) is 0 Å². The summed E-state index contributed by atoms with van der Waals surface area (Å²) in [5, 5.41) is 20.9. The summed E-state index contributed by atoms with van der Waals surface area (Å²) in [6.45, 7) is 15.1. The summed E-state index contributed by atoms with van der Waals surface area (Å²) in [4.78, 5) is 30.5. The minimum absolute atomic E-state index is 0.465. The number of rotatable bonds is 7. The number of nitrogens with zero attached hydrogens (tertiary/aromatic N) is 6.